The lowest BCUT2D eigenvalue weighted by atomic mass is 10.2. The van der Waals surface area contributed by atoms with E-state index in [1.54, 1.807) is 18.1 Å². The molecule has 4 heteroatoms. The summed E-state index contributed by atoms with van der Waals surface area (Å²) in [6, 6.07) is 11.5. The van der Waals surface area contributed by atoms with Crippen LogP contribution >= 0.6 is 11.3 Å². The zero-order chi connectivity index (χ0) is 14.4. The molecule has 0 spiro atoms. The molecule has 0 radical (unpaired) electrons. The molecule has 1 heterocycles. The molecule has 104 valence electrons. The predicted octanol–water partition coefficient (Wildman–Crippen LogP) is 3.59. The minimum atomic E-state index is 0.0377. The van der Waals surface area contributed by atoms with Gasteiger partial charge in [0.25, 0.3) is 5.91 Å². The maximum Gasteiger partial charge on any atom is 0.264 e. The maximum absolute atomic E-state index is 12.4. The van der Waals surface area contributed by atoms with E-state index in [-0.39, 0.29) is 5.91 Å². The fraction of sp³-hybridized carbons (Fsp3) is 0.188. The van der Waals surface area contributed by atoms with Crippen LogP contribution in [0, 0.1) is 0 Å². The second kappa shape index (κ2) is 6.91. The Labute approximate surface area is 123 Å². The molecule has 2 rings (SSSR count). The van der Waals surface area contributed by atoms with Crippen LogP contribution in [0.1, 0.15) is 15.2 Å². The van der Waals surface area contributed by atoms with Crippen LogP contribution in [0.3, 0.4) is 0 Å². The average molecular weight is 287 g/mol. The van der Waals surface area contributed by atoms with Crippen molar-refractivity contribution in [2.24, 2.45) is 0 Å². The largest absolute Gasteiger partial charge is 0.497 e. The van der Waals surface area contributed by atoms with Crippen molar-refractivity contribution in [2.75, 3.05) is 13.7 Å². The number of carbonyl (C=O) groups excluding carboxylic acids is 1. The molecule has 0 bridgehead atoms. The van der Waals surface area contributed by atoms with Crippen molar-refractivity contribution in [3.8, 4) is 5.75 Å². The van der Waals surface area contributed by atoms with E-state index >= 15 is 0 Å². The van der Waals surface area contributed by atoms with Gasteiger partial charge in [-0.15, -0.1) is 17.9 Å². The number of nitrogens with zero attached hydrogens (tertiary/aromatic N) is 1. The molecule has 0 fully saturated rings. The molecule has 2 aromatic rings. The fourth-order valence-electron chi connectivity index (χ4n) is 1.88. The standard InChI is InChI=1S/C16H17NO2S/c1-3-10-17(16(18)15-5-4-11-20-15)12-13-6-8-14(19-2)9-7-13/h3-9,11H,1,10,12H2,2H3. The van der Waals surface area contributed by atoms with E-state index in [4.69, 9.17) is 4.74 Å². The summed E-state index contributed by atoms with van der Waals surface area (Å²) in [7, 11) is 1.64. The number of thiophene rings is 1. The molecule has 0 unspecified atom stereocenters. The molecule has 0 aliphatic heterocycles. The molecule has 0 saturated carbocycles. The van der Waals surface area contributed by atoms with Crippen molar-refractivity contribution in [3.63, 3.8) is 0 Å². The van der Waals surface area contributed by atoms with Gasteiger partial charge in [-0.1, -0.05) is 24.3 Å². The lowest BCUT2D eigenvalue weighted by molar-refractivity contribution is 0.0767. The highest BCUT2D eigenvalue weighted by Gasteiger charge is 2.15. The quantitative estimate of drug-likeness (QED) is 0.760. The molecule has 0 N–H and O–H groups in total. The van der Waals surface area contributed by atoms with Gasteiger partial charge < -0.3 is 9.64 Å². The first-order chi connectivity index (χ1) is 9.74. The van der Waals surface area contributed by atoms with Gasteiger partial charge in [0, 0.05) is 13.1 Å². The Hall–Kier alpha value is -2.07. The van der Waals surface area contributed by atoms with Crippen LogP contribution in [-0.2, 0) is 6.54 Å². The molecule has 3 nitrogen and oxygen atoms in total. The Kier molecular flexibility index (Phi) is 4.96. The summed E-state index contributed by atoms with van der Waals surface area (Å²) in [5.41, 5.74) is 1.07. The zero-order valence-electron chi connectivity index (χ0n) is 11.4. The molecule has 1 amide bonds. The smallest absolute Gasteiger partial charge is 0.264 e. The Morgan fingerprint density at radius 1 is 1.35 bits per heavy atom. The van der Waals surface area contributed by atoms with Gasteiger partial charge in [-0.05, 0) is 29.1 Å². The molecular formula is C16H17NO2S. The van der Waals surface area contributed by atoms with Gasteiger partial charge >= 0.3 is 0 Å². The van der Waals surface area contributed by atoms with Gasteiger partial charge in [-0.3, -0.25) is 4.79 Å². The number of benzene rings is 1. The van der Waals surface area contributed by atoms with Gasteiger partial charge in [0.1, 0.15) is 5.75 Å². The van der Waals surface area contributed by atoms with Crippen molar-refractivity contribution < 1.29 is 9.53 Å². The van der Waals surface area contributed by atoms with Crippen LogP contribution in [0.2, 0.25) is 0 Å². The third kappa shape index (κ3) is 3.48. The Morgan fingerprint density at radius 2 is 2.10 bits per heavy atom. The minimum Gasteiger partial charge on any atom is -0.497 e. The molecule has 1 aromatic carbocycles. The summed E-state index contributed by atoms with van der Waals surface area (Å²) in [5, 5.41) is 1.91. The summed E-state index contributed by atoms with van der Waals surface area (Å²) in [6.07, 6.45) is 1.75. The first kappa shape index (κ1) is 14.3. The highest BCUT2D eigenvalue weighted by Crippen LogP contribution is 2.16. The van der Waals surface area contributed by atoms with Crippen LogP contribution in [0.5, 0.6) is 5.75 Å². The molecule has 0 aliphatic rings. The number of rotatable bonds is 6. The van der Waals surface area contributed by atoms with Crippen LogP contribution in [-0.4, -0.2) is 24.5 Å². The van der Waals surface area contributed by atoms with Crippen LogP contribution < -0.4 is 4.74 Å². The molecule has 1 aromatic heterocycles. The maximum atomic E-state index is 12.4. The Morgan fingerprint density at radius 3 is 2.65 bits per heavy atom. The number of methoxy groups -OCH3 is 1. The van der Waals surface area contributed by atoms with Crippen molar-refractivity contribution in [3.05, 3.63) is 64.9 Å². The first-order valence-electron chi connectivity index (χ1n) is 6.31. The van der Waals surface area contributed by atoms with Crippen LogP contribution in [0.15, 0.2) is 54.4 Å². The normalized spacial score (nSPS) is 10.1. The number of carbonyl (C=O) groups is 1. The van der Waals surface area contributed by atoms with E-state index in [2.05, 4.69) is 6.58 Å². The van der Waals surface area contributed by atoms with Crippen molar-refractivity contribution in [2.45, 2.75) is 6.54 Å². The molecule has 0 saturated heterocycles. The minimum absolute atomic E-state index is 0.0377. The molecule has 0 aliphatic carbocycles. The van der Waals surface area contributed by atoms with Gasteiger partial charge in [-0.2, -0.15) is 0 Å². The van der Waals surface area contributed by atoms with E-state index in [0.717, 1.165) is 16.2 Å². The second-order valence-electron chi connectivity index (χ2n) is 4.30. The van der Waals surface area contributed by atoms with Crippen molar-refractivity contribution >= 4 is 17.2 Å². The monoisotopic (exact) mass is 287 g/mol. The predicted molar refractivity (Wildman–Crippen MR) is 82.3 cm³/mol. The summed E-state index contributed by atoms with van der Waals surface area (Å²) in [5.74, 6) is 0.851. The number of ether oxygens (including phenoxy) is 1. The third-order valence-corrected chi connectivity index (χ3v) is 3.76. The topological polar surface area (TPSA) is 29.5 Å². The first-order valence-corrected chi connectivity index (χ1v) is 7.19. The molecule has 20 heavy (non-hydrogen) atoms. The number of hydrogen-bond donors (Lipinski definition) is 0. The van der Waals surface area contributed by atoms with E-state index < -0.39 is 0 Å². The molecular weight excluding hydrogens is 270 g/mol. The van der Waals surface area contributed by atoms with E-state index in [1.165, 1.54) is 11.3 Å². The summed E-state index contributed by atoms with van der Waals surface area (Å²) < 4.78 is 5.13. The van der Waals surface area contributed by atoms with Gasteiger partial charge in [-0.25, -0.2) is 0 Å². The zero-order valence-corrected chi connectivity index (χ0v) is 12.2. The summed E-state index contributed by atoms with van der Waals surface area (Å²) in [4.78, 5) is 14.9. The number of hydrogen-bond acceptors (Lipinski definition) is 3. The number of amides is 1. The molecule has 0 atom stereocenters. The highest BCUT2D eigenvalue weighted by atomic mass is 32.1. The highest BCUT2D eigenvalue weighted by molar-refractivity contribution is 7.12. The summed E-state index contributed by atoms with van der Waals surface area (Å²) >= 11 is 1.46. The van der Waals surface area contributed by atoms with Crippen molar-refractivity contribution in [1.82, 2.24) is 4.90 Å². The van der Waals surface area contributed by atoms with Gasteiger partial charge in [0.05, 0.1) is 12.0 Å². The van der Waals surface area contributed by atoms with Crippen LogP contribution in [0.4, 0.5) is 0 Å². The van der Waals surface area contributed by atoms with E-state index in [9.17, 15) is 4.79 Å². The van der Waals surface area contributed by atoms with Crippen molar-refractivity contribution in [1.29, 1.82) is 0 Å². The van der Waals surface area contributed by atoms with Crippen LogP contribution in [0.25, 0.3) is 0 Å². The fourth-order valence-corrected chi connectivity index (χ4v) is 2.57. The lowest BCUT2D eigenvalue weighted by Gasteiger charge is -2.20. The Bertz CT molecular complexity index is 561. The SMILES string of the molecule is C=CCN(Cc1ccc(OC)cc1)C(=O)c1cccs1. The van der Waals surface area contributed by atoms with E-state index in [1.807, 2.05) is 41.8 Å². The third-order valence-electron chi connectivity index (χ3n) is 2.90. The van der Waals surface area contributed by atoms with E-state index in [0.29, 0.717) is 13.1 Å². The van der Waals surface area contributed by atoms with Gasteiger partial charge in [0.15, 0.2) is 0 Å². The average Bonchev–Trinajstić information content (AvgIpc) is 3.01. The van der Waals surface area contributed by atoms with Gasteiger partial charge in [0.2, 0.25) is 0 Å². The Balaban J connectivity index is 2.12. The summed E-state index contributed by atoms with van der Waals surface area (Å²) in [6.45, 7) is 4.82. The lowest BCUT2D eigenvalue weighted by Crippen LogP contribution is -2.30. The second-order valence-corrected chi connectivity index (χ2v) is 5.25.